The van der Waals surface area contributed by atoms with Crippen LogP contribution in [0.25, 0.3) is 5.65 Å². The molecule has 0 spiro atoms. The van der Waals surface area contributed by atoms with Crippen molar-refractivity contribution in [2.75, 3.05) is 13.1 Å². The lowest BCUT2D eigenvalue weighted by Gasteiger charge is -2.33. The van der Waals surface area contributed by atoms with Crippen molar-refractivity contribution in [2.45, 2.75) is 26.8 Å². The number of carbonyl (C=O) groups is 1. The number of nitrogens with one attached hydrogen (secondary N) is 2. The molecule has 134 valence electrons. The summed E-state index contributed by atoms with van der Waals surface area (Å²) in [7, 11) is 0. The number of aromatic nitrogens is 3. The number of rotatable bonds is 5. The van der Waals surface area contributed by atoms with Gasteiger partial charge in [0.05, 0.1) is 6.04 Å². The van der Waals surface area contributed by atoms with Crippen LogP contribution in [0.1, 0.15) is 32.6 Å². The molecule has 8 heteroatoms. The molecule has 0 bridgehead atoms. The maximum absolute atomic E-state index is 12.5. The molecule has 24 heavy (non-hydrogen) atoms. The highest BCUT2D eigenvalue weighted by Crippen LogP contribution is 2.23. The van der Waals surface area contributed by atoms with E-state index in [9.17, 15) is 4.79 Å². The Labute approximate surface area is 154 Å². The van der Waals surface area contributed by atoms with Crippen LogP contribution in [0.4, 0.5) is 0 Å². The van der Waals surface area contributed by atoms with Crippen molar-refractivity contribution in [3.8, 4) is 0 Å². The fraction of sp³-hybridized carbons (Fsp3) is 0.562. The van der Waals surface area contributed by atoms with Crippen molar-refractivity contribution in [3.05, 3.63) is 30.2 Å². The summed E-state index contributed by atoms with van der Waals surface area (Å²) in [4.78, 5) is 12.5. The van der Waals surface area contributed by atoms with Gasteiger partial charge < -0.3 is 10.6 Å². The molecular formula is C16H25Cl2N5O. The van der Waals surface area contributed by atoms with Gasteiger partial charge in [-0.3, -0.25) is 9.20 Å². The Morgan fingerprint density at radius 1 is 1.25 bits per heavy atom. The van der Waals surface area contributed by atoms with E-state index in [1.165, 1.54) is 0 Å². The fourth-order valence-corrected chi connectivity index (χ4v) is 2.76. The third kappa shape index (κ3) is 3.99. The normalized spacial score (nSPS) is 16.7. The number of halogens is 2. The molecule has 3 heterocycles. The molecule has 0 saturated carbocycles. The third-order valence-electron chi connectivity index (χ3n) is 4.52. The minimum absolute atomic E-state index is 0. The number of hydrogen-bond donors (Lipinski definition) is 2. The molecule has 2 N–H and O–H groups in total. The van der Waals surface area contributed by atoms with E-state index >= 15 is 0 Å². The zero-order valence-electron chi connectivity index (χ0n) is 14.1. The van der Waals surface area contributed by atoms with E-state index in [2.05, 4.69) is 34.7 Å². The molecule has 3 rings (SSSR count). The molecule has 2 atom stereocenters. The van der Waals surface area contributed by atoms with Gasteiger partial charge in [0.25, 0.3) is 0 Å². The topological polar surface area (TPSA) is 71.3 Å². The second kappa shape index (κ2) is 8.65. The lowest BCUT2D eigenvalue weighted by Crippen LogP contribution is -2.50. The Kier molecular flexibility index (Phi) is 7.45. The number of pyridine rings is 1. The highest BCUT2D eigenvalue weighted by atomic mass is 35.5. The zero-order chi connectivity index (χ0) is 15.7. The van der Waals surface area contributed by atoms with Gasteiger partial charge in [0.1, 0.15) is 0 Å². The SMILES string of the molecule is CC(C)C(NC(=O)C(C)C1CNC1)c1nnc2ccccn12.Cl.Cl. The largest absolute Gasteiger partial charge is 0.346 e. The van der Waals surface area contributed by atoms with Crippen molar-refractivity contribution in [1.82, 2.24) is 25.2 Å². The zero-order valence-corrected chi connectivity index (χ0v) is 15.7. The lowest BCUT2D eigenvalue weighted by atomic mass is 9.88. The molecule has 1 aliphatic rings. The van der Waals surface area contributed by atoms with Gasteiger partial charge in [-0.2, -0.15) is 0 Å². The molecule has 1 saturated heterocycles. The van der Waals surface area contributed by atoms with E-state index in [4.69, 9.17) is 0 Å². The van der Waals surface area contributed by atoms with Crippen LogP contribution in [0, 0.1) is 17.8 Å². The maximum atomic E-state index is 12.5. The summed E-state index contributed by atoms with van der Waals surface area (Å²) in [6, 6.07) is 5.66. The summed E-state index contributed by atoms with van der Waals surface area (Å²) in [5, 5.41) is 14.9. The second-order valence-electron chi connectivity index (χ2n) is 6.42. The van der Waals surface area contributed by atoms with E-state index in [-0.39, 0.29) is 48.6 Å². The predicted octanol–water partition coefficient (Wildman–Crippen LogP) is 2.24. The van der Waals surface area contributed by atoms with E-state index in [1.807, 2.05) is 35.7 Å². The van der Waals surface area contributed by atoms with Crippen LogP contribution in [0.15, 0.2) is 24.4 Å². The number of amides is 1. The van der Waals surface area contributed by atoms with Gasteiger partial charge >= 0.3 is 0 Å². The summed E-state index contributed by atoms with van der Waals surface area (Å²) in [6.07, 6.45) is 1.94. The van der Waals surface area contributed by atoms with Gasteiger partial charge in [-0.15, -0.1) is 35.0 Å². The number of fused-ring (bicyclic) bond motifs is 1. The van der Waals surface area contributed by atoms with Gasteiger partial charge in [0.2, 0.25) is 5.91 Å². The molecule has 1 aliphatic heterocycles. The predicted molar refractivity (Wildman–Crippen MR) is 98.7 cm³/mol. The number of carbonyl (C=O) groups excluding carboxylic acids is 1. The molecule has 2 aromatic rings. The average molecular weight is 374 g/mol. The highest BCUT2D eigenvalue weighted by molar-refractivity contribution is 5.85. The van der Waals surface area contributed by atoms with Crippen molar-refractivity contribution < 1.29 is 4.79 Å². The van der Waals surface area contributed by atoms with Crippen LogP contribution in [-0.4, -0.2) is 33.6 Å². The molecule has 6 nitrogen and oxygen atoms in total. The fourth-order valence-electron chi connectivity index (χ4n) is 2.76. The van der Waals surface area contributed by atoms with Crippen LogP contribution in [0.5, 0.6) is 0 Å². The van der Waals surface area contributed by atoms with Gasteiger partial charge in [-0.1, -0.05) is 26.8 Å². The molecular weight excluding hydrogens is 349 g/mol. The molecule has 0 radical (unpaired) electrons. The Bertz CT molecular complexity index is 671. The van der Waals surface area contributed by atoms with E-state index in [0.29, 0.717) is 5.92 Å². The molecule has 0 aliphatic carbocycles. The summed E-state index contributed by atoms with van der Waals surface area (Å²) in [5.74, 6) is 1.57. The summed E-state index contributed by atoms with van der Waals surface area (Å²) < 4.78 is 1.94. The summed E-state index contributed by atoms with van der Waals surface area (Å²) in [6.45, 7) is 8.03. The van der Waals surface area contributed by atoms with Crippen molar-refractivity contribution >= 4 is 36.4 Å². The average Bonchev–Trinajstić information content (AvgIpc) is 2.86. The van der Waals surface area contributed by atoms with Gasteiger partial charge in [0.15, 0.2) is 11.5 Å². The van der Waals surface area contributed by atoms with Gasteiger partial charge in [0, 0.05) is 12.1 Å². The van der Waals surface area contributed by atoms with E-state index in [1.54, 1.807) is 0 Å². The Morgan fingerprint density at radius 2 is 1.96 bits per heavy atom. The quantitative estimate of drug-likeness (QED) is 0.842. The molecule has 0 aromatic carbocycles. The van der Waals surface area contributed by atoms with E-state index < -0.39 is 0 Å². The summed E-state index contributed by atoms with van der Waals surface area (Å²) >= 11 is 0. The standard InChI is InChI=1S/C16H23N5O.2ClH/c1-10(2)14(18-16(22)11(3)12-8-17-9-12)15-20-19-13-6-4-5-7-21(13)15;;/h4-7,10-12,14,17H,8-9H2,1-3H3,(H,18,22);2*1H. The minimum Gasteiger partial charge on any atom is -0.346 e. The monoisotopic (exact) mass is 373 g/mol. The van der Waals surface area contributed by atoms with E-state index in [0.717, 1.165) is 24.6 Å². The van der Waals surface area contributed by atoms with Gasteiger partial charge in [-0.05, 0) is 37.1 Å². The van der Waals surface area contributed by atoms with Crippen molar-refractivity contribution in [2.24, 2.45) is 17.8 Å². The van der Waals surface area contributed by atoms with Crippen LogP contribution in [0.3, 0.4) is 0 Å². The van der Waals surface area contributed by atoms with Crippen LogP contribution < -0.4 is 10.6 Å². The van der Waals surface area contributed by atoms with Crippen molar-refractivity contribution in [3.63, 3.8) is 0 Å². The number of hydrogen-bond acceptors (Lipinski definition) is 4. The van der Waals surface area contributed by atoms with Crippen molar-refractivity contribution in [1.29, 1.82) is 0 Å². The molecule has 2 unspecified atom stereocenters. The first-order valence-corrected chi connectivity index (χ1v) is 7.88. The van der Waals surface area contributed by atoms with Crippen LogP contribution in [-0.2, 0) is 4.79 Å². The third-order valence-corrected chi connectivity index (χ3v) is 4.52. The Hall–Kier alpha value is -1.37. The van der Waals surface area contributed by atoms with Crippen LogP contribution in [0.2, 0.25) is 0 Å². The maximum Gasteiger partial charge on any atom is 0.223 e. The Morgan fingerprint density at radius 3 is 2.54 bits per heavy atom. The first-order chi connectivity index (χ1) is 10.6. The molecule has 2 aromatic heterocycles. The smallest absolute Gasteiger partial charge is 0.223 e. The summed E-state index contributed by atoms with van der Waals surface area (Å²) in [5.41, 5.74) is 0.800. The minimum atomic E-state index is -0.139. The first kappa shape index (κ1) is 20.7. The lowest BCUT2D eigenvalue weighted by molar-refractivity contribution is -0.127. The van der Waals surface area contributed by atoms with Crippen LogP contribution >= 0.6 is 24.8 Å². The van der Waals surface area contributed by atoms with Gasteiger partial charge in [-0.25, -0.2) is 0 Å². The molecule has 1 amide bonds. The first-order valence-electron chi connectivity index (χ1n) is 7.88. The Balaban J connectivity index is 0.00000144. The molecule has 1 fully saturated rings. The highest BCUT2D eigenvalue weighted by Gasteiger charge is 2.31. The number of nitrogens with zero attached hydrogens (tertiary/aromatic N) is 3. The second-order valence-corrected chi connectivity index (χ2v) is 6.42.